The molecule has 3 nitrogen and oxygen atoms in total. The quantitative estimate of drug-likeness (QED) is 0.780. The number of hydrogen-bond donors (Lipinski definition) is 1. The van der Waals surface area contributed by atoms with Crippen LogP contribution in [0.1, 0.15) is 11.1 Å². The molecular weight excluding hydrogens is 282 g/mol. The third-order valence-electron chi connectivity index (χ3n) is 3.25. The number of halogens is 1. The van der Waals surface area contributed by atoms with Gasteiger partial charge in [-0.25, -0.2) is 0 Å². The van der Waals surface area contributed by atoms with Gasteiger partial charge in [0.05, 0.1) is 16.1 Å². The van der Waals surface area contributed by atoms with E-state index in [0.29, 0.717) is 17.1 Å². The van der Waals surface area contributed by atoms with Gasteiger partial charge in [0.15, 0.2) is 0 Å². The van der Waals surface area contributed by atoms with Crippen molar-refractivity contribution >= 4 is 28.2 Å². The Bertz CT molecular complexity index is 837. The van der Waals surface area contributed by atoms with Crippen LogP contribution >= 0.6 is 11.6 Å². The zero-order chi connectivity index (χ0) is 14.7. The number of nitriles is 1. The van der Waals surface area contributed by atoms with Crippen LogP contribution in [0.15, 0.2) is 54.7 Å². The van der Waals surface area contributed by atoms with Gasteiger partial charge in [0.25, 0.3) is 0 Å². The Morgan fingerprint density at radius 3 is 2.86 bits per heavy atom. The average molecular weight is 294 g/mol. The Morgan fingerprint density at radius 2 is 2.05 bits per heavy atom. The van der Waals surface area contributed by atoms with E-state index in [9.17, 15) is 0 Å². The lowest BCUT2D eigenvalue weighted by Gasteiger charge is -2.08. The van der Waals surface area contributed by atoms with Gasteiger partial charge in [0, 0.05) is 23.8 Å². The molecule has 0 aliphatic rings. The number of fused-ring (bicyclic) bond motifs is 1. The largest absolute Gasteiger partial charge is 0.381 e. The molecule has 102 valence electrons. The Labute approximate surface area is 127 Å². The number of aromatic nitrogens is 1. The SMILES string of the molecule is N#Cc1ccc(NCc2ccc3ncccc3c2)cc1Cl. The molecule has 0 unspecified atom stereocenters. The van der Waals surface area contributed by atoms with Crippen LogP contribution in [0, 0.1) is 11.3 Å². The van der Waals surface area contributed by atoms with Crippen molar-refractivity contribution in [2.24, 2.45) is 0 Å². The van der Waals surface area contributed by atoms with Crippen LogP contribution in [-0.4, -0.2) is 4.98 Å². The Kier molecular flexibility index (Phi) is 3.72. The maximum atomic E-state index is 8.86. The van der Waals surface area contributed by atoms with Gasteiger partial charge in [-0.1, -0.05) is 23.7 Å². The number of nitrogens with zero attached hydrogens (tertiary/aromatic N) is 2. The van der Waals surface area contributed by atoms with Gasteiger partial charge in [-0.15, -0.1) is 0 Å². The summed E-state index contributed by atoms with van der Waals surface area (Å²) in [6.45, 7) is 0.688. The third kappa shape index (κ3) is 2.96. The summed E-state index contributed by atoms with van der Waals surface area (Å²) in [6.07, 6.45) is 1.79. The molecule has 3 rings (SSSR count). The first-order valence-corrected chi connectivity index (χ1v) is 6.91. The van der Waals surface area contributed by atoms with Gasteiger partial charge < -0.3 is 5.32 Å². The van der Waals surface area contributed by atoms with Crippen molar-refractivity contribution in [2.45, 2.75) is 6.54 Å². The molecule has 0 aliphatic carbocycles. The normalized spacial score (nSPS) is 10.3. The highest BCUT2D eigenvalue weighted by Crippen LogP contribution is 2.21. The van der Waals surface area contributed by atoms with E-state index >= 15 is 0 Å². The fourth-order valence-corrected chi connectivity index (χ4v) is 2.38. The number of nitrogens with one attached hydrogen (secondary N) is 1. The molecule has 0 atom stereocenters. The number of hydrogen-bond acceptors (Lipinski definition) is 3. The third-order valence-corrected chi connectivity index (χ3v) is 3.57. The summed E-state index contributed by atoms with van der Waals surface area (Å²) in [7, 11) is 0. The molecule has 0 saturated heterocycles. The highest BCUT2D eigenvalue weighted by atomic mass is 35.5. The Hall–Kier alpha value is -2.57. The summed E-state index contributed by atoms with van der Waals surface area (Å²) in [6, 6.07) is 17.5. The molecule has 0 bridgehead atoms. The number of benzene rings is 2. The molecule has 3 aromatic rings. The van der Waals surface area contributed by atoms with Gasteiger partial charge in [0.1, 0.15) is 6.07 Å². The second kappa shape index (κ2) is 5.82. The Morgan fingerprint density at radius 1 is 1.14 bits per heavy atom. The molecule has 2 aromatic carbocycles. The van der Waals surface area contributed by atoms with E-state index in [-0.39, 0.29) is 0 Å². The predicted molar refractivity (Wildman–Crippen MR) is 85.2 cm³/mol. The summed E-state index contributed by atoms with van der Waals surface area (Å²) in [5.41, 5.74) is 3.53. The minimum absolute atomic E-state index is 0.463. The van der Waals surface area contributed by atoms with Crippen LogP contribution in [0.2, 0.25) is 5.02 Å². The molecule has 21 heavy (non-hydrogen) atoms. The van der Waals surface area contributed by atoms with Crippen molar-refractivity contribution in [2.75, 3.05) is 5.32 Å². The lowest BCUT2D eigenvalue weighted by Crippen LogP contribution is -1.99. The number of anilines is 1. The fourth-order valence-electron chi connectivity index (χ4n) is 2.15. The van der Waals surface area contributed by atoms with E-state index in [1.54, 1.807) is 18.3 Å². The summed E-state index contributed by atoms with van der Waals surface area (Å²) < 4.78 is 0. The summed E-state index contributed by atoms with van der Waals surface area (Å²) in [5.74, 6) is 0. The van der Waals surface area contributed by atoms with E-state index in [4.69, 9.17) is 16.9 Å². The van der Waals surface area contributed by atoms with Crippen molar-refractivity contribution in [3.8, 4) is 6.07 Å². The van der Waals surface area contributed by atoms with Gasteiger partial charge in [-0.05, 0) is 42.0 Å². The molecule has 1 N–H and O–H groups in total. The first-order chi connectivity index (χ1) is 10.3. The maximum Gasteiger partial charge on any atom is 0.101 e. The highest BCUT2D eigenvalue weighted by Gasteiger charge is 2.02. The molecule has 0 spiro atoms. The van der Waals surface area contributed by atoms with E-state index in [1.807, 2.05) is 36.4 Å². The number of pyridine rings is 1. The zero-order valence-corrected chi connectivity index (χ0v) is 11.9. The van der Waals surface area contributed by atoms with Crippen molar-refractivity contribution in [3.05, 3.63) is 70.9 Å². The van der Waals surface area contributed by atoms with E-state index in [1.165, 1.54) is 0 Å². The molecule has 1 heterocycles. The molecule has 0 aliphatic heterocycles. The molecule has 1 aromatic heterocycles. The lowest BCUT2D eigenvalue weighted by atomic mass is 10.1. The van der Waals surface area contributed by atoms with Crippen LogP contribution in [0.3, 0.4) is 0 Å². The zero-order valence-electron chi connectivity index (χ0n) is 11.2. The van der Waals surface area contributed by atoms with Gasteiger partial charge in [-0.3, -0.25) is 4.98 Å². The van der Waals surface area contributed by atoms with Gasteiger partial charge in [-0.2, -0.15) is 5.26 Å². The van der Waals surface area contributed by atoms with E-state index in [0.717, 1.165) is 22.2 Å². The first kappa shape index (κ1) is 13.4. The maximum absolute atomic E-state index is 8.86. The van der Waals surface area contributed by atoms with Crippen LogP contribution in [-0.2, 0) is 6.54 Å². The average Bonchev–Trinajstić information content (AvgIpc) is 2.53. The monoisotopic (exact) mass is 293 g/mol. The summed E-state index contributed by atoms with van der Waals surface area (Å²) in [5, 5.41) is 13.7. The standard InChI is InChI=1S/C17H12ClN3/c18-16-9-15(5-4-14(16)10-19)21-11-12-3-6-17-13(8-12)2-1-7-20-17/h1-9,21H,11H2. The van der Waals surface area contributed by atoms with E-state index < -0.39 is 0 Å². The molecular formula is C17H12ClN3. The molecule has 4 heteroatoms. The summed E-state index contributed by atoms with van der Waals surface area (Å²) in [4.78, 5) is 4.30. The Balaban J connectivity index is 1.77. The number of rotatable bonds is 3. The minimum atomic E-state index is 0.463. The van der Waals surface area contributed by atoms with Gasteiger partial charge in [0.2, 0.25) is 0 Å². The van der Waals surface area contributed by atoms with Crippen LogP contribution < -0.4 is 5.32 Å². The molecule has 0 amide bonds. The van der Waals surface area contributed by atoms with Crippen molar-refractivity contribution in [3.63, 3.8) is 0 Å². The van der Waals surface area contributed by atoms with Crippen LogP contribution in [0.5, 0.6) is 0 Å². The van der Waals surface area contributed by atoms with Gasteiger partial charge >= 0.3 is 0 Å². The van der Waals surface area contributed by atoms with Crippen molar-refractivity contribution in [1.29, 1.82) is 5.26 Å². The first-order valence-electron chi connectivity index (χ1n) is 6.53. The van der Waals surface area contributed by atoms with Crippen molar-refractivity contribution in [1.82, 2.24) is 4.98 Å². The smallest absolute Gasteiger partial charge is 0.101 e. The molecule has 0 fully saturated rings. The molecule has 0 radical (unpaired) electrons. The van der Waals surface area contributed by atoms with Crippen LogP contribution in [0.25, 0.3) is 10.9 Å². The molecule has 0 saturated carbocycles. The lowest BCUT2D eigenvalue weighted by molar-refractivity contribution is 1.15. The predicted octanol–water partition coefficient (Wildman–Crippen LogP) is 4.37. The van der Waals surface area contributed by atoms with Crippen molar-refractivity contribution < 1.29 is 0 Å². The van der Waals surface area contributed by atoms with E-state index in [2.05, 4.69) is 16.4 Å². The summed E-state index contributed by atoms with van der Waals surface area (Å²) >= 11 is 6.02. The second-order valence-corrected chi connectivity index (χ2v) is 5.10. The topological polar surface area (TPSA) is 48.7 Å². The fraction of sp³-hybridized carbons (Fsp3) is 0.0588. The van der Waals surface area contributed by atoms with Crippen LogP contribution in [0.4, 0.5) is 5.69 Å². The highest BCUT2D eigenvalue weighted by molar-refractivity contribution is 6.32. The second-order valence-electron chi connectivity index (χ2n) is 4.69. The minimum Gasteiger partial charge on any atom is -0.381 e.